The normalized spacial score (nSPS) is 23.2. The first kappa shape index (κ1) is 14.6. The fourth-order valence-corrected chi connectivity index (χ4v) is 3.99. The van der Waals surface area contributed by atoms with E-state index in [2.05, 4.69) is 0 Å². The van der Waals surface area contributed by atoms with Crippen LogP contribution in [0.2, 0.25) is 5.02 Å². The molecule has 2 unspecified atom stereocenters. The molecule has 1 aliphatic heterocycles. The highest BCUT2D eigenvalue weighted by atomic mass is 35.5. The molecule has 2 rings (SSSR count). The largest absolute Gasteiger partial charge is 0.489 e. The summed E-state index contributed by atoms with van der Waals surface area (Å²) in [5.41, 5.74) is 6.72. The Morgan fingerprint density at radius 3 is 2.84 bits per heavy atom. The summed E-state index contributed by atoms with van der Waals surface area (Å²) < 4.78 is 28.7. The van der Waals surface area contributed by atoms with Crippen molar-refractivity contribution in [1.82, 2.24) is 0 Å². The molecule has 6 heteroatoms. The first-order chi connectivity index (χ1) is 8.85. The van der Waals surface area contributed by atoms with Crippen LogP contribution in [0.5, 0.6) is 5.75 Å². The Balaban J connectivity index is 2.15. The van der Waals surface area contributed by atoms with Crippen molar-refractivity contribution in [2.75, 3.05) is 11.5 Å². The predicted octanol–water partition coefficient (Wildman–Crippen LogP) is 1.80. The topological polar surface area (TPSA) is 69.4 Å². The summed E-state index contributed by atoms with van der Waals surface area (Å²) in [4.78, 5) is 0. The van der Waals surface area contributed by atoms with Crippen molar-refractivity contribution in [3.63, 3.8) is 0 Å². The smallest absolute Gasteiger partial charge is 0.154 e. The van der Waals surface area contributed by atoms with Gasteiger partial charge in [0.15, 0.2) is 9.84 Å². The molecule has 0 aromatic heterocycles. The number of benzene rings is 1. The van der Waals surface area contributed by atoms with E-state index in [1.165, 1.54) is 0 Å². The van der Waals surface area contributed by atoms with Gasteiger partial charge in [-0.05, 0) is 43.5 Å². The Kier molecular flexibility index (Phi) is 4.38. The molecule has 0 aliphatic carbocycles. The first-order valence-electron chi connectivity index (χ1n) is 6.27. The van der Waals surface area contributed by atoms with Crippen molar-refractivity contribution in [1.29, 1.82) is 0 Å². The molecular weight excluding hydrogens is 286 g/mol. The molecule has 19 heavy (non-hydrogen) atoms. The fourth-order valence-electron chi connectivity index (χ4n) is 2.20. The van der Waals surface area contributed by atoms with Crippen molar-refractivity contribution in [2.24, 2.45) is 5.73 Å². The van der Waals surface area contributed by atoms with E-state index in [4.69, 9.17) is 22.1 Å². The van der Waals surface area contributed by atoms with Crippen LogP contribution in [0.15, 0.2) is 18.2 Å². The average molecular weight is 304 g/mol. The predicted molar refractivity (Wildman–Crippen MR) is 76.5 cm³/mol. The number of nitrogens with two attached hydrogens (primary N) is 1. The number of sulfone groups is 1. The lowest BCUT2D eigenvalue weighted by Gasteiger charge is -2.17. The van der Waals surface area contributed by atoms with E-state index < -0.39 is 9.84 Å². The van der Waals surface area contributed by atoms with Crippen LogP contribution in [0, 0.1) is 0 Å². The number of hydrogen-bond donors (Lipinski definition) is 1. The number of hydrogen-bond acceptors (Lipinski definition) is 4. The molecule has 1 saturated heterocycles. The quantitative estimate of drug-likeness (QED) is 0.921. The fraction of sp³-hybridized carbons (Fsp3) is 0.538. The first-order valence-corrected chi connectivity index (χ1v) is 8.47. The van der Waals surface area contributed by atoms with Gasteiger partial charge in [0.2, 0.25) is 0 Å². The number of ether oxygens (including phenoxy) is 1. The summed E-state index contributed by atoms with van der Waals surface area (Å²) in [6.45, 7) is 1.91. The van der Waals surface area contributed by atoms with Crippen molar-refractivity contribution >= 4 is 21.4 Å². The lowest BCUT2D eigenvalue weighted by atomic mass is 10.1. The van der Waals surface area contributed by atoms with Gasteiger partial charge in [-0.25, -0.2) is 8.42 Å². The molecule has 0 bridgehead atoms. The van der Waals surface area contributed by atoms with Gasteiger partial charge in [0.25, 0.3) is 0 Å². The van der Waals surface area contributed by atoms with Gasteiger partial charge in [-0.3, -0.25) is 0 Å². The van der Waals surface area contributed by atoms with Gasteiger partial charge in [-0.1, -0.05) is 11.6 Å². The second kappa shape index (κ2) is 5.69. The van der Waals surface area contributed by atoms with E-state index in [-0.39, 0.29) is 23.7 Å². The van der Waals surface area contributed by atoms with E-state index in [1.807, 2.05) is 13.0 Å². The Bertz CT molecular complexity index is 557. The van der Waals surface area contributed by atoms with Crippen LogP contribution in [0.1, 0.15) is 18.9 Å². The maximum Gasteiger partial charge on any atom is 0.154 e. The third-order valence-corrected chi connectivity index (χ3v) is 5.02. The van der Waals surface area contributed by atoms with Gasteiger partial charge in [0.05, 0.1) is 11.5 Å². The van der Waals surface area contributed by atoms with Crippen LogP contribution in [-0.4, -0.2) is 32.1 Å². The number of rotatable bonds is 4. The molecule has 1 fully saturated rings. The number of halogens is 1. The molecule has 0 spiro atoms. The van der Waals surface area contributed by atoms with Gasteiger partial charge in [-0.2, -0.15) is 0 Å². The minimum atomic E-state index is -2.94. The summed E-state index contributed by atoms with van der Waals surface area (Å²) in [5.74, 6) is 0.977. The molecule has 0 saturated carbocycles. The zero-order valence-corrected chi connectivity index (χ0v) is 12.4. The van der Waals surface area contributed by atoms with Gasteiger partial charge < -0.3 is 10.5 Å². The molecule has 2 N–H and O–H groups in total. The van der Waals surface area contributed by atoms with Gasteiger partial charge in [-0.15, -0.1) is 0 Å². The van der Waals surface area contributed by atoms with E-state index in [0.717, 1.165) is 5.56 Å². The molecule has 1 aromatic rings. The van der Waals surface area contributed by atoms with Crippen molar-refractivity contribution in [3.05, 3.63) is 28.8 Å². The lowest BCUT2D eigenvalue weighted by molar-refractivity contribution is 0.226. The van der Waals surface area contributed by atoms with Crippen LogP contribution in [0.3, 0.4) is 0 Å². The second-order valence-electron chi connectivity index (χ2n) is 5.08. The third-order valence-electron chi connectivity index (χ3n) is 3.05. The van der Waals surface area contributed by atoms with E-state index in [9.17, 15) is 8.42 Å². The minimum Gasteiger partial charge on any atom is -0.489 e. The van der Waals surface area contributed by atoms with Crippen molar-refractivity contribution < 1.29 is 13.2 Å². The highest BCUT2D eigenvalue weighted by Crippen LogP contribution is 2.27. The molecule has 1 aromatic carbocycles. The summed E-state index contributed by atoms with van der Waals surface area (Å²) in [6.07, 6.45) is 0.927. The maximum atomic E-state index is 11.4. The lowest BCUT2D eigenvalue weighted by Crippen LogP contribution is -2.21. The monoisotopic (exact) mass is 303 g/mol. The molecule has 0 radical (unpaired) electrons. The van der Waals surface area contributed by atoms with Crippen molar-refractivity contribution in [3.8, 4) is 5.75 Å². The molecule has 4 nitrogen and oxygen atoms in total. The van der Waals surface area contributed by atoms with Crippen LogP contribution >= 0.6 is 11.6 Å². The summed E-state index contributed by atoms with van der Waals surface area (Å²) in [5, 5.41) is 0.627. The maximum absolute atomic E-state index is 11.4. The van der Waals surface area contributed by atoms with Gasteiger partial charge in [0.1, 0.15) is 11.9 Å². The molecule has 1 aliphatic rings. The third kappa shape index (κ3) is 4.09. The van der Waals surface area contributed by atoms with E-state index in [0.29, 0.717) is 23.6 Å². The van der Waals surface area contributed by atoms with Gasteiger partial charge in [0, 0.05) is 11.1 Å². The standard InChI is InChI=1S/C13H18ClNO3S/c1-9(15)6-10-7-11(14)2-3-13(10)18-12-4-5-19(16,17)8-12/h2-3,7,9,12H,4-6,8,15H2,1H3. The zero-order valence-electron chi connectivity index (χ0n) is 10.8. The highest BCUT2D eigenvalue weighted by molar-refractivity contribution is 7.91. The Labute approximate surface area is 118 Å². The van der Waals surface area contributed by atoms with Gasteiger partial charge >= 0.3 is 0 Å². The molecule has 0 amide bonds. The van der Waals surface area contributed by atoms with Crippen LogP contribution in [0.4, 0.5) is 0 Å². The SMILES string of the molecule is CC(N)Cc1cc(Cl)ccc1OC1CCS(=O)(=O)C1. The molecular formula is C13H18ClNO3S. The van der Waals surface area contributed by atoms with Crippen LogP contribution in [0.25, 0.3) is 0 Å². The van der Waals surface area contributed by atoms with Crippen LogP contribution < -0.4 is 10.5 Å². The summed E-state index contributed by atoms with van der Waals surface area (Å²) in [6, 6.07) is 5.34. The Morgan fingerprint density at radius 1 is 1.53 bits per heavy atom. The summed E-state index contributed by atoms with van der Waals surface area (Å²) >= 11 is 5.97. The van der Waals surface area contributed by atoms with E-state index >= 15 is 0 Å². The highest BCUT2D eigenvalue weighted by Gasteiger charge is 2.29. The average Bonchev–Trinajstić information content (AvgIpc) is 2.61. The Hall–Kier alpha value is -0.780. The zero-order chi connectivity index (χ0) is 14.0. The summed E-state index contributed by atoms with van der Waals surface area (Å²) in [7, 11) is -2.94. The van der Waals surface area contributed by atoms with E-state index in [1.54, 1.807) is 12.1 Å². The second-order valence-corrected chi connectivity index (χ2v) is 7.74. The molecule has 106 valence electrons. The minimum absolute atomic E-state index is 0.00636. The molecule has 1 heterocycles. The van der Waals surface area contributed by atoms with Crippen molar-refractivity contribution in [2.45, 2.75) is 31.9 Å². The van der Waals surface area contributed by atoms with Crippen LogP contribution in [-0.2, 0) is 16.3 Å². The molecule has 2 atom stereocenters. The Morgan fingerprint density at radius 2 is 2.26 bits per heavy atom.